The lowest BCUT2D eigenvalue weighted by Crippen LogP contribution is -2.36. The summed E-state index contributed by atoms with van der Waals surface area (Å²) < 4.78 is 5.43. The molecule has 2 rings (SSSR count). The number of hydrogen-bond acceptors (Lipinski definition) is 3. The van der Waals surface area contributed by atoms with Crippen molar-refractivity contribution in [3.63, 3.8) is 0 Å². The van der Waals surface area contributed by atoms with E-state index in [0.29, 0.717) is 18.4 Å². The number of aliphatic carboxylic acids is 1. The Labute approximate surface area is 120 Å². The topological polar surface area (TPSA) is 49.8 Å². The van der Waals surface area contributed by atoms with Crippen LogP contribution in [0.1, 0.15) is 37.8 Å². The van der Waals surface area contributed by atoms with Crippen molar-refractivity contribution in [1.29, 1.82) is 0 Å². The van der Waals surface area contributed by atoms with Gasteiger partial charge in [0.2, 0.25) is 0 Å². The molecule has 1 aromatic rings. The second-order valence-corrected chi connectivity index (χ2v) is 5.50. The maximum Gasteiger partial charge on any atom is 0.303 e. The first kappa shape index (κ1) is 14.9. The largest absolute Gasteiger partial charge is 0.496 e. The predicted octanol–water partition coefficient (Wildman–Crippen LogP) is 2.94. The Bertz CT molecular complexity index is 453. The highest BCUT2D eigenvalue weighted by Crippen LogP contribution is 2.32. The zero-order valence-electron chi connectivity index (χ0n) is 12.2. The lowest BCUT2D eigenvalue weighted by atomic mass is 9.92. The molecule has 1 unspecified atom stereocenters. The zero-order chi connectivity index (χ0) is 14.5. The van der Waals surface area contributed by atoms with Crippen molar-refractivity contribution in [3.05, 3.63) is 29.8 Å². The molecule has 1 saturated heterocycles. The van der Waals surface area contributed by atoms with Crippen LogP contribution in [0.25, 0.3) is 0 Å². The van der Waals surface area contributed by atoms with E-state index in [1.54, 1.807) is 7.11 Å². The molecule has 0 bridgehead atoms. The van der Waals surface area contributed by atoms with Crippen LogP contribution in [-0.4, -0.2) is 36.2 Å². The lowest BCUT2D eigenvalue weighted by Gasteiger charge is -2.36. The van der Waals surface area contributed by atoms with E-state index in [0.717, 1.165) is 31.7 Å². The molecule has 0 saturated carbocycles. The molecule has 110 valence electrons. The summed E-state index contributed by atoms with van der Waals surface area (Å²) in [5, 5.41) is 8.86. The van der Waals surface area contributed by atoms with Crippen molar-refractivity contribution in [3.8, 4) is 5.75 Å². The Hall–Kier alpha value is -1.55. The van der Waals surface area contributed by atoms with E-state index in [1.165, 1.54) is 5.56 Å². The van der Waals surface area contributed by atoms with Crippen molar-refractivity contribution in [2.75, 3.05) is 20.2 Å². The summed E-state index contributed by atoms with van der Waals surface area (Å²) in [4.78, 5) is 13.2. The average Bonchev–Trinajstić information content (AvgIpc) is 2.46. The van der Waals surface area contributed by atoms with Crippen molar-refractivity contribution in [1.82, 2.24) is 4.90 Å². The van der Waals surface area contributed by atoms with Gasteiger partial charge in [0.25, 0.3) is 0 Å². The second-order valence-electron chi connectivity index (χ2n) is 5.50. The van der Waals surface area contributed by atoms with Crippen LogP contribution in [0.5, 0.6) is 5.75 Å². The summed E-state index contributed by atoms with van der Waals surface area (Å²) in [7, 11) is 1.70. The lowest BCUT2D eigenvalue weighted by molar-refractivity contribution is -0.138. The van der Waals surface area contributed by atoms with E-state index in [4.69, 9.17) is 9.84 Å². The van der Waals surface area contributed by atoms with Gasteiger partial charge in [-0.25, -0.2) is 0 Å². The Morgan fingerprint density at radius 1 is 1.40 bits per heavy atom. The number of rotatable bonds is 5. The van der Waals surface area contributed by atoms with E-state index in [9.17, 15) is 4.79 Å². The molecule has 1 aliphatic rings. The van der Waals surface area contributed by atoms with Crippen LogP contribution in [0.2, 0.25) is 0 Å². The van der Waals surface area contributed by atoms with E-state index in [2.05, 4.69) is 17.9 Å². The van der Waals surface area contributed by atoms with Crippen molar-refractivity contribution in [2.24, 2.45) is 5.92 Å². The Morgan fingerprint density at radius 2 is 2.05 bits per heavy atom. The fourth-order valence-corrected chi connectivity index (χ4v) is 3.00. The third-order valence-electron chi connectivity index (χ3n) is 4.25. The van der Waals surface area contributed by atoms with Crippen molar-refractivity contribution >= 4 is 5.97 Å². The number of carboxylic acids is 1. The first-order chi connectivity index (χ1) is 9.61. The summed E-state index contributed by atoms with van der Waals surface area (Å²) in [5.41, 5.74) is 1.20. The van der Waals surface area contributed by atoms with Gasteiger partial charge < -0.3 is 9.84 Å². The van der Waals surface area contributed by atoms with Crippen LogP contribution in [-0.2, 0) is 4.79 Å². The third-order valence-corrected chi connectivity index (χ3v) is 4.25. The van der Waals surface area contributed by atoms with Gasteiger partial charge in [0, 0.05) is 18.0 Å². The number of para-hydroxylation sites is 1. The summed E-state index contributed by atoms with van der Waals surface area (Å²) in [6.07, 6.45) is 2.23. The first-order valence-corrected chi connectivity index (χ1v) is 7.20. The number of likely N-dealkylation sites (tertiary alicyclic amines) is 1. The Kier molecular flexibility index (Phi) is 5.01. The molecule has 4 nitrogen and oxygen atoms in total. The first-order valence-electron chi connectivity index (χ1n) is 7.20. The van der Waals surface area contributed by atoms with Crippen LogP contribution in [0.15, 0.2) is 24.3 Å². The molecule has 0 radical (unpaired) electrons. The molecule has 1 aliphatic heterocycles. The number of methoxy groups -OCH3 is 1. The minimum absolute atomic E-state index is 0.302. The van der Waals surface area contributed by atoms with E-state index < -0.39 is 5.97 Å². The molecule has 1 atom stereocenters. The highest BCUT2D eigenvalue weighted by Gasteiger charge is 2.25. The van der Waals surface area contributed by atoms with Crippen LogP contribution in [0.3, 0.4) is 0 Å². The number of hydrogen-bond donors (Lipinski definition) is 1. The molecule has 0 amide bonds. The fraction of sp³-hybridized carbons (Fsp3) is 0.562. The number of piperidine rings is 1. The SMILES string of the molecule is COc1ccccc1C(C)N1CCC(CC(=O)O)CC1. The Morgan fingerprint density at radius 3 is 2.65 bits per heavy atom. The predicted molar refractivity (Wildman–Crippen MR) is 78.0 cm³/mol. The molecule has 4 heteroatoms. The number of nitrogens with zero attached hydrogens (tertiary/aromatic N) is 1. The van der Waals surface area contributed by atoms with Gasteiger partial charge in [-0.3, -0.25) is 9.69 Å². The van der Waals surface area contributed by atoms with Gasteiger partial charge in [-0.1, -0.05) is 18.2 Å². The molecular formula is C16H23NO3. The van der Waals surface area contributed by atoms with Gasteiger partial charge >= 0.3 is 5.97 Å². The van der Waals surface area contributed by atoms with Gasteiger partial charge in [-0.05, 0) is 44.8 Å². The van der Waals surface area contributed by atoms with Crippen LogP contribution >= 0.6 is 0 Å². The fourth-order valence-electron chi connectivity index (χ4n) is 3.00. The van der Waals surface area contributed by atoms with Gasteiger partial charge in [-0.15, -0.1) is 0 Å². The summed E-state index contributed by atoms with van der Waals surface area (Å²) >= 11 is 0. The second kappa shape index (κ2) is 6.75. The molecule has 1 aromatic carbocycles. The third kappa shape index (κ3) is 3.51. The number of benzene rings is 1. The van der Waals surface area contributed by atoms with Crippen LogP contribution in [0, 0.1) is 5.92 Å². The molecule has 0 aliphatic carbocycles. The highest BCUT2D eigenvalue weighted by atomic mass is 16.5. The van der Waals surface area contributed by atoms with Gasteiger partial charge in [0.15, 0.2) is 0 Å². The summed E-state index contributed by atoms with van der Waals surface area (Å²) in [5.74, 6) is 0.572. The number of ether oxygens (including phenoxy) is 1. The van der Waals surface area contributed by atoms with Crippen molar-refractivity contribution in [2.45, 2.75) is 32.2 Å². The minimum atomic E-state index is -0.679. The molecule has 0 spiro atoms. The maximum absolute atomic E-state index is 10.8. The molecular weight excluding hydrogens is 254 g/mol. The molecule has 1 heterocycles. The summed E-state index contributed by atoms with van der Waals surface area (Å²) in [6, 6.07) is 8.41. The zero-order valence-corrected chi connectivity index (χ0v) is 12.2. The van der Waals surface area contributed by atoms with Gasteiger partial charge in [0.1, 0.15) is 5.75 Å². The van der Waals surface area contributed by atoms with E-state index in [-0.39, 0.29) is 0 Å². The van der Waals surface area contributed by atoms with E-state index in [1.807, 2.05) is 18.2 Å². The smallest absolute Gasteiger partial charge is 0.303 e. The molecule has 1 fully saturated rings. The van der Waals surface area contributed by atoms with Gasteiger partial charge in [-0.2, -0.15) is 0 Å². The van der Waals surface area contributed by atoms with Crippen molar-refractivity contribution < 1.29 is 14.6 Å². The van der Waals surface area contributed by atoms with Crippen LogP contribution in [0.4, 0.5) is 0 Å². The summed E-state index contributed by atoms with van der Waals surface area (Å²) in [6.45, 7) is 4.10. The molecule has 20 heavy (non-hydrogen) atoms. The number of carboxylic acid groups (broad SMARTS) is 1. The monoisotopic (exact) mass is 277 g/mol. The van der Waals surface area contributed by atoms with Crippen LogP contribution < -0.4 is 4.74 Å². The van der Waals surface area contributed by atoms with E-state index >= 15 is 0 Å². The molecule has 0 aromatic heterocycles. The number of carbonyl (C=O) groups is 1. The average molecular weight is 277 g/mol. The molecule has 1 N–H and O–H groups in total. The maximum atomic E-state index is 10.8. The normalized spacial score (nSPS) is 18.7. The van der Waals surface area contributed by atoms with Gasteiger partial charge in [0.05, 0.1) is 7.11 Å². The minimum Gasteiger partial charge on any atom is -0.496 e. The Balaban J connectivity index is 1.97. The highest BCUT2D eigenvalue weighted by molar-refractivity contribution is 5.67. The standard InChI is InChI=1S/C16H23NO3/c1-12(14-5-3-4-6-15(14)20-2)17-9-7-13(8-10-17)11-16(18)19/h3-6,12-13H,7-11H2,1-2H3,(H,18,19). The quantitative estimate of drug-likeness (QED) is 0.899.